The van der Waals surface area contributed by atoms with Crippen molar-refractivity contribution in [2.24, 2.45) is 0 Å². The molecule has 0 aromatic heterocycles. The molecular formula is C14H16ClNO4. The molecule has 1 aliphatic rings. The number of carbonyl (C=O) groups is 2. The van der Waals surface area contributed by atoms with Crippen LogP contribution in [0.25, 0.3) is 0 Å². The number of rotatable bonds is 2. The van der Waals surface area contributed by atoms with Gasteiger partial charge in [0.15, 0.2) is 0 Å². The van der Waals surface area contributed by atoms with Crippen molar-refractivity contribution in [3.8, 4) is 0 Å². The number of ether oxygens (including phenoxy) is 1. The number of halogens is 1. The first kappa shape index (κ1) is 14.8. The van der Waals surface area contributed by atoms with E-state index in [9.17, 15) is 14.7 Å². The van der Waals surface area contributed by atoms with Crippen LogP contribution in [-0.4, -0.2) is 47.7 Å². The number of hydrogen-bond acceptors (Lipinski definition) is 4. The third-order valence-electron chi connectivity index (χ3n) is 3.30. The van der Waals surface area contributed by atoms with Crippen molar-refractivity contribution in [2.75, 3.05) is 13.7 Å². The standard InChI is InChI=1S/C14H16ClNO4/c1-8-3-9(5-10(15)4-8)13(18)16-7-11(17)6-12(16)14(19)20-2/h3-5,11-12,17H,6-7H2,1-2H3. The topological polar surface area (TPSA) is 66.8 Å². The van der Waals surface area contributed by atoms with Crippen LogP contribution in [0.3, 0.4) is 0 Å². The molecule has 2 unspecified atom stereocenters. The van der Waals surface area contributed by atoms with Gasteiger partial charge in [0.25, 0.3) is 5.91 Å². The molecule has 1 N–H and O–H groups in total. The Hall–Kier alpha value is -1.59. The van der Waals surface area contributed by atoms with Crippen LogP contribution < -0.4 is 0 Å². The van der Waals surface area contributed by atoms with Gasteiger partial charge in [0.2, 0.25) is 0 Å². The number of β-amino-alcohol motifs (C(OH)–C–C–N with tert-alkyl or cyclic N) is 1. The molecule has 0 radical (unpaired) electrons. The summed E-state index contributed by atoms with van der Waals surface area (Å²) in [4.78, 5) is 25.5. The number of aliphatic hydroxyl groups excluding tert-OH is 1. The highest BCUT2D eigenvalue weighted by Crippen LogP contribution is 2.23. The minimum Gasteiger partial charge on any atom is -0.467 e. The summed E-state index contributed by atoms with van der Waals surface area (Å²) in [5, 5.41) is 10.2. The molecule has 6 heteroatoms. The number of amides is 1. The number of methoxy groups -OCH3 is 1. The Labute approximate surface area is 122 Å². The summed E-state index contributed by atoms with van der Waals surface area (Å²) in [7, 11) is 1.26. The molecule has 20 heavy (non-hydrogen) atoms. The molecule has 2 rings (SSSR count). The van der Waals surface area contributed by atoms with Gasteiger partial charge in [-0.1, -0.05) is 11.6 Å². The summed E-state index contributed by atoms with van der Waals surface area (Å²) in [6, 6.07) is 4.25. The van der Waals surface area contributed by atoms with Crippen LogP contribution in [0, 0.1) is 6.92 Å². The van der Waals surface area contributed by atoms with Gasteiger partial charge in [-0.2, -0.15) is 0 Å². The summed E-state index contributed by atoms with van der Waals surface area (Å²) in [6.45, 7) is 1.95. The zero-order chi connectivity index (χ0) is 14.9. The van der Waals surface area contributed by atoms with Crippen molar-refractivity contribution in [2.45, 2.75) is 25.5 Å². The first-order chi connectivity index (χ1) is 9.42. The first-order valence-electron chi connectivity index (χ1n) is 6.26. The van der Waals surface area contributed by atoms with Gasteiger partial charge in [0.05, 0.1) is 13.2 Å². The van der Waals surface area contributed by atoms with Gasteiger partial charge in [0.1, 0.15) is 6.04 Å². The van der Waals surface area contributed by atoms with E-state index < -0.39 is 18.1 Å². The van der Waals surface area contributed by atoms with E-state index in [2.05, 4.69) is 4.74 Å². The van der Waals surface area contributed by atoms with E-state index in [-0.39, 0.29) is 18.9 Å². The quantitative estimate of drug-likeness (QED) is 0.838. The van der Waals surface area contributed by atoms with Crippen molar-refractivity contribution in [1.29, 1.82) is 0 Å². The normalized spacial score (nSPS) is 21.9. The number of benzene rings is 1. The number of aryl methyl sites for hydroxylation is 1. The minimum absolute atomic E-state index is 0.115. The van der Waals surface area contributed by atoms with E-state index in [0.29, 0.717) is 10.6 Å². The molecule has 108 valence electrons. The van der Waals surface area contributed by atoms with Gasteiger partial charge in [-0.3, -0.25) is 4.79 Å². The predicted molar refractivity (Wildman–Crippen MR) is 73.7 cm³/mol. The summed E-state index contributed by atoms with van der Waals surface area (Å²) < 4.78 is 4.68. The third-order valence-corrected chi connectivity index (χ3v) is 3.52. The van der Waals surface area contributed by atoms with Crippen LogP contribution in [-0.2, 0) is 9.53 Å². The van der Waals surface area contributed by atoms with Crippen LogP contribution >= 0.6 is 11.6 Å². The Morgan fingerprint density at radius 1 is 1.40 bits per heavy atom. The molecule has 0 aliphatic carbocycles. The zero-order valence-electron chi connectivity index (χ0n) is 11.3. The fraction of sp³-hybridized carbons (Fsp3) is 0.429. The molecule has 1 amide bonds. The van der Waals surface area contributed by atoms with Crippen molar-refractivity contribution in [1.82, 2.24) is 4.90 Å². The lowest BCUT2D eigenvalue weighted by molar-refractivity contribution is -0.145. The van der Waals surface area contributed by atoms with Crippen molar-refractivity contribution in [3.63, 3.8) is 0 Å². The van der Waals surface area contributed by atoms with E-state index in [0.717, 1.165) is 5.56 Å². The molecule has 1 heterocycles. The highest BCUT2D eigenvalue weighted by atomic mass is 35.5. The SMILES string of the molecule is COC(=O)C1CC(O)CN1C(=O)c1cc(C)cc(Cl)c1. The second kappa shape index (κ2) is 5.81. The summed E-state index contributed by atoms with van der Waals surface area (Å²) in [6.07, 6.45) is -0.527. The summed E-state index contributed by atoms with van der Waals surface area (Å²) in [5.74, 6) is -0.851. The molecule has 5 nitrogen and oxygen atoms in total. The Morgan fingerprint density at radius 2 is 2.10 bits per heavy atom. The van der Waals surface area contributed by atoms with Crippen molar-refractivity contribution < 1.29 is 19.4 Å². The highest BCUT2D eigenvalue weighted by molar-refractivity contribution is 6.31. The first-order valence-corrected chi connectivity index (χ1v) is 6.64. The molecular weight excluding hydrogens is 282 g/mol. The highest BCUT2D eigenvalue weighted by Gasteiger charge is 2.39. The van der Waals surface area contributed by atoms with E-state index in [4.69, 9.17) is 11.6 Å². The fourth-order valence-electron chi connectivity index (χ4n) is 2.42. The molecule has 0 spiro atoms. The molecule has 1 aliphatic heterocycles. The second-order valence-electron chi connectivity index (χ2n) is 4.90. The smallest absolute Gasteiger partial charge is 0.328 e. The Kier molecular flexibility index (Phi) is 4.30. The Morgan fingerprint density at radius 3 is 2.70 bits per heavy atom. The van der Waals surface area contributed by atoms with Crippen LogP contribution in [0.4, 0.5) is 0 Å². The fourth-order valence-corrected chi connectivity index (χ4v) is 2.71. The molecule has 0 saturated carbocycles. The Balaban J connectivity index is 2.28. The van der Waals surface area contributed by atoms with Gasteiger partial charge < -0.3 is 14.7 Å². The summed E-state index contributed by atoms with van der Waals surface area (Å²) in [5.41, 5.74) is 1.26. The zero-order valence-corrected chi connectivity index (χ0v) is 12.1. The van der Waals surface area contributed by atoms with Crippen LogP contribution in [0.2, 0.25) is 5.02 Å². The number of likely N-dealkylation sites (tertiary alicyclic amines) is 1. The average molecular weight is 298 g/mol. The van der Waals surface area contributed by atoms with Gasteiger partial charge >= 0.3 is 5.97 Å². The van der Waals surface area contributed by atoms with E-state index in [1.807, 2.05) is 6.92 Å². The maximum absolute atomic E-state index is 12.5. The Bertz CT molecular complexity index is 526. The number of nitrogens with zero attached hydrogens (tertiary/aromatic N) is 1. The molecule has 1 saturated heterocycles. The number of carbonyl (C=O) groups excluding carboxylic acids is 2. The molecule has 0 bridgehead atoms. The predicted octanol–water partition coefficient (Wildman–Crippen LogP) is 1.40. The number of aliphatic hydroxyl groups is 1. The van der Waals surface area contributed by atoms with Crippen molar-refractivity contribution >= 4 is 23.5 Å². The van der Waals surface area contributed by atoms with E-state index in [1.165, 1.54) is 12.0 Å². The number of esters is 1. The third kappa shape index (κ3) is 2.94. The lowest BCUT2D eigenvalue weighted by Crippen LogP contribution is -2.41. The lowest BCUT2D eigenvalue weighted by Gasteiger charge is -2.22. The average Bonchev–Trinajstić information content (AvgIpc) is 2.78. The number of hydrogen-bond donors (Lipinski definition) is 1. The van der Waals surface area contributed by atoms with Crippen molar-refractivity contribution in [3.05, 3.63) is 34.3 Å². The summed E-state index contributed by atoms with van der Waals surface area (Å²) >= 11 is 5.94. The van der Waals surface area contributed by atoms with E-state index in [1.54, 1.807) is 18.2 Å². The van der Waals surface area contributed by atoms with Gasteiger partial charge in [-0.15, -0.1) is 0 Å². The van der Waals surface area contributed by atoms with Crippen LogP contribution in [0.1, 0.15) is 22.3 Å². The lowest BCUT2D eigenvalue weighted by atomic mass is 10.1. The maximum Gasteiger partial charge on any atom is 0.328 e. The van der Waals surface area contributed by atoms with Crippen LogP contribution in [0.15, 0.2) is 18.2 Å². The maximum atomic E-state index is 12.5. The van der Waals surface area contributed by atoms with Crippen LogP contribution in [0.5, 0.6) is 0 Å². The van der Waals surface area contributed by atoms with Gasteiger partial charge in [-0.25, -0.2) is 4.79 Å². The van der Waals surface area contributed by atoms with E-state index >= 15 is 0 Å². The molecule has 1 aromatic carbocycles. The van der Waals surface area contributed by atoms with Gasteiger partial charge in [-0.05, 0) is 30.7 Å². The molecule has 2 atom stereocenters. The minimum atomic E-state index is -0.748. The molecule has 1 fully saturated rings. The second-order valence-corrected chi connectivity index (χ2v) is 5.34. The molecule has 1 aromatic rings. The largest absolute Gasteiger partial charge is 0.467 e. The monoisotopic (exact) mass is 297 g/mol. The van der Waals surface area contributed by atoms with Gasteiger partial charge in [0, 0.05) is 23.6 Å².